The molecule has 3 aromatic heterocycles. The Balaban J connectivity index is 1.68. The van der Waals surface area contributed by atoms with Gasteiger partial charge in [-0.2, -0.15) is 0 Å². The largest absolute Gasteiger partial charge is 0.465 e. The van der Waals surface area contributed by atoms with Crippen molar-refractivity contribution < 1.29 is 23.5 Å². The van der Waals surface area contributed by atoms with Crippen LogP contribution in [-0.2, 0) is 4.43 Å². The number of hydrogen-bond acceptors (Lipinski definition) is 7. The highest BCUT2D eigenvalue weighted by molar-refractivity contribution is 9.10. The van der Waals surface area contributed by atoms with E-state index >= 15 is 0 Å². The molecule has 0 saturated carbocycles. The standard InChI is InChI=1S/C26H34BrN5O5Si/c1-15-11-29-13-20(23(15)37-38(5,6)26(2,3)4)32(25(34)35)19-9-10-28-12-18(19)31-24(33)17-7-8-21-22(30-17)16(27)14-36-21/h7-10,12,14-15,20,23,29H,11,13H2,1-6H3,(H,31,33)(H,34,35). The third-order valence-electron chi connectivity index (χ3n) is 7.45. The van der Waals surface area contributed by atoms with E-state index in [1.54, 1.807) is 18.2 Å². The van der Waals surface area contributed by atoms with E-state index in [0.717, 1.165) is 6.54 Å². The van der Waals surface area contributed by atoms with Gasteiger partial charge in [0.2, 0.25) is 0 Å². The number of anilines is 2. The molecule has 3 unspecified atom stereocenters. The number of nitrogens with zero attached hydrogens (tertiary/aromatic N) is 3. The summed E-state index contributed by atoms with van der Waals surface area (Å²) in [7, 11) is -2.21. The molecule has 4 heterocycles. The summed E-state index contributed by atoms with van der Waals surface area (Å²) >= 11 is 3.37. The van der Waals surface area contributed by atoms with E-state index in [1.807, 2.05) is 0 Å². The van der Waals surface area contributed by atoms with Gasteiger partial charge in [-0.1, -0.05) is 27.7 Å². The van der Waals surface area contributed by atoms with Gasteiger partial charge in [-0.25, -0.2) is 9.78 Å². The zero-order chi connectivity index (χ0) is 27.8. The van der Waals surface area contributed by atoms with Crippen LogP contribution < -0.4 is 15.5 Å². The van der Waals surface area contributed by atoms with Gasteiger partial charge in [0.05, 0.1) is 34.2 Å². The predicted octanol–water partition coefficient (Wildman–Crippen LogP) is 5.72. The Bertz CT molecular complexity index is 1340. The number of amides is 2. The topological polar surface area (TPSA) is 130 Å². The molecule has 1 fully saturated rings. The fraction of sp³-hybridized carbons (Fsp3) is 0.462. The molecule has 1 aliphatic rings. The fourth-order valence-electron chi connectivity index (χ4n) is 4.33. The monoisotopic (exact) mass is 603 g/mol. The normalized spacial score (nSPS) is 20.3. The van der Waals surface area contributed by atoms with E-state index in [-0.39, 0.29) is 28.4 Å². The van der Waals surface area contributed by atoms with E-state index < -0.39 is 26.4 Å². The number of aromatic nitrogens is 2. The maximum absolute atomic E-state index is 13.2. The zero-order valence-corrected chi connectivity index (χ0v) is 25.0. The second kappa shape index (κ2) is 10.8. The van der Waals surface area contributed by atoms with Crippen molar-refractivity contribution in [3.05, 3.63) is 47.0 Å². The van der Waals surface area contributed by atoms with Crippen LogP contribution in [-0.4, -0.2) is 60.6 Å². The fourth-order valence-corrected chi connectivity index (χ4v) is 6.13. The molecule has 3 atom stereocenters. The minimum absolute atomic E-state index is 0.0376. The summed E-state index contributed by atoms with van der Waals surface area (Å²) in [6.07, 6.45) is 2.99. The lowest BCUT2D eigenvalue weighted by Crippen LogP contribution is -2.62. The molecule has 10 nitrogen and oxygen atoms in total. The van der Waals surface area contributed by atoms with Gasteiger partial charge in [-0.3, -0.25) is 14.7 Å². The number of furan rings is 1. The Morgan fingerprint density at radius 3 is 2.68 bits per heavy atom. The molecule has 12 heteroatoms. The number of rotatable bonds is 6. The van der Waals surface area contributed by atoms with Crippen molar-refractivity contribution in [3.8, 4) is 0 Å². The highest BCUT2D eigenvalue weighted by atomic mass is 79.9. The minimum Gasteiger partial charge on any atom is -0.465 e. The van der Waals surface area contributed by atoms with E-state index in [0.29, 0.717) is 27.8 Å². The summed E-state index contributed by atoms with van der Waals surface area (Å²) in [5.74, 6) is -0.419. The first-order valence-corrected chi connectivity index (χ1v) is 16.2. The van der Waals surface area contributed by atoms with Crippen LogP contribution >= 0.6 is 15.9 Å². The lowest BCUT2D eigenvalue weighted by atomic mass is 9.92. The summed E-state index contributed by atoms with van der Waals surface area (Å²) in [6, 6.07) is 4.29. The molecule has 3 aromatic rings. The lowest BCUT2D eigenvalue weighted by molar-refractivity contribution is 0.0740. The molecule has 0 aliphatic carbocycles. The summed E-state index contributed by atoms with van der Waals surface area (Å²) in [6.45, 7) is 14.0. The third kappa shape index (κ3) is 5.63. The Hall–Kier alpha value is -2.80. The average Bonchev–Trinajstić information content (AvgIpc) is 3.21. The summed E-state index contributed by atoms with van der Waals surface area (Å²) in [4.78, 5) is 35.8. The first-order valence-electron chi connectivity index (χ1n) is 12.5. The number of halogens is 1. The van der Waals surface area contributed by atoms with Crippen LogP contribution in [0.2, 0.25) is 18.1 Å². The summed E-state index contributed by atoms with van der Waals surface area (Å²) in [5, 5.41) is 16.6. The van der Waals surface area contributed by atoms with Crippen LogP contribution in [0.25, 0.3) is 11.1 Å². The van der Waals surface area contributed by atoms with Gasteiger partial charge >= 0.3 is 6.09 Å². The zero-order valence-electron chi connectivity index (χ0n) is 22.4. The molecule has 4 rings (SSSR count). The quantitative estimate of drug-likeness (QED) is 0.305. The van der Waals surface area contributed by atoms with Crippen molar-refractivity contribution in [2.45, 2.75) is 58.0 Å². The van der Waals surface area contributed by atoms with Crippen molar-refractivity contribution in [2.24, 2.45) is 5.92 Å². The van der Waals surface area contributed by atoms with Crippen molar-refractivity contribution >= 4 is 58.7 Å². The molecular formula is C26H34BrN5O5Si. The Labute approximate surface area is 231 Å². The SMILES string of the molecule is CC1CNCC(N(C(=O)O)c2ccncc2NC(=O)c2ccc3occ(Br)c3n2)C1O[Si](C)(C)C(C)(C)C. The van der Waals surface area contributed by atoms with E-state index in [2.05, 4.69) is 77.3 Å². The van der Waals surface area contributed by atoms with E-state index in [4.69, 9.17) is 8.84 Å². The highest BCUT2D eigenvalue weighted by Gasteiger charge is 2.46. The number of carboxylic acid groups (broad SMARTS) is 1. The molecule has 38 heavy (non-hydrogen) atoms. The molecule has 0 spiro atoms. The van der Waals surface area contributed by atoms with Crippen LogP contribution in [0.5, 0.6) is 0 Å². The molecule has 2 amide bonds. The molecule has 204 valence electrons. The molecule has 1 aliphatic heterocycles. The first-order chi connectivity index (χ1) is 17.8. The minimum atomic E-state index is -2.21. The number of carbonyl (C=O) groups is 2. The maximum atomic E-state index is 13.2. The number of hydrogen-bond donors (Lipinski definition) is 3. The second-order valence-electron chi connectivity index (χ2n) is 11.2. The highest BCUT2D eigenvalue weighted by Crippen LogP contribution is 2.40. The molecular weight excluding hydrogens is 570 g/mol. The predicted molar refractivity (Wildman–Crippen MR) is 152 cm³/mol. The Morgan fingerprint density at radius 1 is 1.26 bits per heavy atom. The van der Waals surface area contributed by atoms with Crippen molar-refractivity contribution in [1.29, 1.82) is 0 Å². The number of piperidine rings is 1. The smallest absolute Gasteiger partial charge is 0.412 e. The number of fused-ring (bicyclic) bond motifs is 1. The van der Waals surface area contributed by atoms with Crippen LogP contribution in [0, 0.1) is 5.92 Å². The van der Waals surface area contributed by atoms with Gasteiger partial charge < -0.3 is 24.6 Å². The van der Waals surface area contributed by atoms with Crippen LogP contribution in [0.1, 0.15) is 38.2 Å². The molecule has 1 saturated heterocycles. The molecule has 0 aromatic carbocycles. The average molecular weight is 605 g/mol. The maximum Gasteiger partial charge on any atom is 0.412 e. The third-order valence-corrected chi connectivity index (χ3v) is 12.5. The summed E-state index contributed by atoms with van der Waals surface area (Å²) < 4.78 is 12.8. The van der Waals surface area contributed by atoms with Crippen molar-refractivity contribution in [1.82, 2.24) is 15.3 Å². The molecule has 3 N–H and O–H groups in total. The Morgan fingerprint density at radius 2 is 2.00 bits per heavy atom. The first kappa shape index (κ1) is 28.2. The van der Waals surface area contributed by atoms with Crippen LogP contribution in [0.4, 0.5) is 16.2 Å². The van der Waals surface area contributed by atoms with Crippen molar-refractivity contribution in [3.63, 3.8) is 0 Å². The second-order valence-corrected chi connectivity index (χ2v) is 16.8. The molecule has 0 radical (unpaired) electrons. The van der Waals surface area contributed by atoms with Gasteiger partial charge in [0.25, 0.3) is 5.91 Å². The summed E-state index contributed by atoms with van der Waals surface area (Å²) in [5.41, 5.74) is 1.79. The number of nitrogens with one attached hydrogen (secondary N) is 2. The van der Waals surface area contributed by atoms with Gasteiger partial charge in [0, 0.05) is 19.3 Å². The number of pyridine rings is 2. The number of carbonyl (C=O) groups excluding carboxylic acids is 1. The molecule has 0 bridgehead atoms. The van der Waals surface area contributed by atoms with Gasteiger partial charge in [0.15, 0.2) is 13.9 Å². The van der Waals surface area contributed by atoms with Gasteiger partial charge in [0.1, 0.15) is 17.5 Å². The van der Waals surface area contributed by atoms with Gasteiger partial charge in [-0.15, -0.1) is 0 Å². The Kier molecular flexibility index (Phi) is 7.98. The lowest BCUT2D eigenvalue weighted by Gasteiger charge is -2.47. The van der Waals surface area contributed by atoms with E-state index in [1.165, 1.54) is 23.6 Å². The van der Waals surface area contributed by atoms with Crippen LogP contribution in [0.3, 0.4) is 0 Å². The van der Waals surface area contributed by atoms with E-state index in [9.17, 15) is 14.7 Å². The van der Waals surface area contributed by atoms with Crippen molar-refractivity contribution in [2.75, 3.05) is 23.3 Å². The van der Waals surface area contributed by atoms with Gasteiger partial charge in [-0.05, 0) is 58.2 Å². The van der Waals surface area contributed by atoms with Crippen LogP contribution in [0.15, 0.2) is 45.7 Å².